The zero-order chi connectivity index (χ0) is 8.39. The summed E-state index contributed by atoms with van der Waals surface area (Å²) in [5.74, 6) is 0.807. The van der Waals surface area contributed by atoms with Gasteiger partial charge in [-0.05, 0) is 12.8 Å². The molecule has 0 saturated carbocycles. The summed E-state index contributed by atoms with van der Waals surface area (Å²) in [5.41, 5.74) is 0. The van der Waals surface area contributed by atoms with Crippen LogP contribution in [0.4, 0.5) is 0 Å². The summed E-state index contributed by atoms with van der Waals surface area (Å²) < 4.78 is 10.2. The van der Waals surface area contributed by atoms with Crippen molar-refractivity contribution < 1.29 is 14.6 Å². The Labute approximate surface area is 71.4 Å². The highest BCUT2D eigenvalue weighted by Crippen LogP contribution is 2.18. The van der Waals surface area contributed by atoms with Crippen LogP contribution in [0, 0.1) is 0 Å². The van der Waals surface area contributed by atoms with Gasteiger partial charge in [0.15, 0.2) is 0 Å². The molecule has 0 amide bonds. The van der Waals surface area contributed by atoms with Crippen LogP contribution < -0.4 is 0 Å². The first-order chi connectivity index (χ1) is 5.86. The second kappa shape index (κ2) is 3.23. The molecule has 0 aromatic rings. The molecule has 2 aliphatic heterocycles. The first kappa shape index (κ1) is 7.73. The van der Waals surface area contributed by atoms with Gasteiger partial charge in [-0.25, -0.2) is 0 Å². The SMILES string of the molecule is OC1CCN(C2=COCO2)CC1. The predicted molar refractivity (Wildman–Crippen MR) is 41.9 cm³/mol. The molecule has 0 aromatic heterocycles. The second-order valence-electron chi connectivity index (χ2n) is 3.10. The van der Waals surface area contributed by atoms with Crippen LogP contribution in [-0.4, -0.2) is 36.0 Å². The minimum atomic E-state index is -0.135. The maximum atomic E-state index is 9.25. The fourth-order valence-electron chi connectivity index (χ4n) is 1.49. The van der Waals surface area contributed by atoms with E-state index in [0.29, 0.717) is 6.79 Å². The minimum Gasteiger partial charge on any atom is -0.459 e. The summed E-state index contributed by atoms with van der Waals surface area (Å²) in [5, 5.41) is 9.25. The van der Waals surface area contributed by atoms with Crippen LogP contribution in [0.2, 0.25) is 0 Å². The van der Waals surface area contributed by atoms with E-state index in [1.165, 1.54) is 0 Å². The van der Waals surface area contributed by atoms with Gasteiger partial charge >= 0.3 is 0 Å². The first-order valence-corrected chi connectivity index (χ1v) is 4.24. The van der Waals surface area contributed by atoms with Crippen LogP contribution in [0.3, 0.4) is 0 Å². The second-order valence-corrected chi connectivity index (χ2v) is 3.10. The Kier molecular flexibility index (Phi) is 2.08. The van der Waals surface area contributed by atoms with Gasteiger partial charge in [-0.3, -0.25) is 0 Å². The molecule has 4 heteroatoms. The van der Waals surface area contributed by atoms with Crippen molar-refractivity contribution in [2.45, 2.75) is 18.9 Å². The number of hydrogen-bond donors (Lipinski definition) is 1. The van der Waals surface area contributed by atoms with Crippen LogP contribution >= 0.6 is 0 Å². The van der Waals surface area contributed by atoms with E-state index in [1.807, 2.05) is 0 Å². The van der Waals surface area contributed by atoms with Gasteiger partial charge in [0.05, 0.1) is 6.10 Å². The van der Waals surface area contributed by atoms with E-state index in [4.69, 9.17) is 9.47 Å². The van der Waals surface area contributed by atoms with E-state index < -0.39 is 0 Å². The average Bonchev–Trinajstić information content (AvgIpc) is 2.58. The number of aliphatic hydroxyl groups excluding tert-OH is 1. The number of nitrogens with zero attached hydrogens (tertiary/aromatic N) is 1. The van der Waals surface area contributed by atoms with Crippen LogP contribution in [0.1, 0.15) is 12.8 Å². The third-order valence-electron chi connectivity index (χ3n) is 2.24. The summed E-state index contributed by atoms with van der Waals surface area (Å²) in [7, 11) is 0. The van der Waals surface area contributed by atoms with Gasteiger partial charge in [0, 0.05) is 13.1 Å². The monoisotopic (exact) mass is 171 g/mol. The topological polar surface area (TPSA) is 41.9 Å². The Bertz CT molecular complexity index is 185. The van der Waals surface area contributed by atoms with Gasteiger partial charge in [0.25, 0.3) is 0 Å². The van der Waals surface area contributed by atoms with Crippen molar-refractivity contribution in [1.29, 1.82) is 0 Å². The smallest absolute Gasteiger partial charge is 0.232 e. The Hall–Kier alpha value is -0.900. The minimum absolute atomic E-state index is 0.135. The third kappa shape index (κ3) is 1.48. The average molecular weight is 171 g/mol. The molecule has 68 valence electrons. The molecule has 12 heavy (non-hydrogen) atoms. The lowest BCUT2D eigenvalue weighted by Crippen LogP contribution is -2.35. The normalized spacial score (nSPS) is 24.8. The fourth-order valence-corrected chi connectivity index (χ4v) is 1.49. The lowest BCUT2D eigenvalue weighted by molar-refractivity contribution is 0.0266. The van der Waals surface area contributed by atoms with Gasteiger partial charge in [-0.15, -0.1) is 0 Å². The Balaban J connectivity index is 1.88. The number of piperidine rings is 1. The molecular weight excluding hydrogens is 158 g/mol. The molecule has 0 atom stereocenters. The highest BCUT2D eigenvalue weighted by Gasteiger charge is 2.21. The van der Waals surface area contributed by atoms with Crippen molar-refractivity contribution in [3.8, 4) is 0 Å². The predicted octanol–water partition coefficient (Wildman–Crippen LogP) is 0.246. The highest BCUT2D eigenvalue weighted by atomic mass is 16.7. The number of rotatable bonds is 1. The molecule has 2 rings (SSSR count). The van der Waals surface area contributed by atoms with E-state index in [-0.39, 0.29) is 6.10 Å². The van der Waals surface area contributed by atoms with Crippen molar-refractivity contribution in [1.82, 2.24) is 4.90 Å². The molecular formula is C8H13NO3. The summed E-state index contributed by atoms with van der Waals surface area (Å²) in [4.78, 5) is 2.10. The number of aliphatic hydroxyl groups is 1. The molecule has 2 aliphatic rings. The van der Waals surface area contributed by atoms with Gasteiger partial charge < -0.3 is 19.5 Å². The number of ether oxygens (including phenoxy) is 2. The third-order valence-corrected chi connectivity index (χ3v) is 2.24. The van der Waals surface area contributed by atoms with Gasteiger partial charge in [0.1, 0.15) is 6.26 Å². The maximum Gasteiger partial charge on any atom is 0.232 e. The quantitative estimate of drug-likeness (QED) is 0.614. The highest BCUT2D eigenvalue weighted by molar-refractivity contribution is 4.92. The van der Waals surface area contributed by atoms with Crippen molar-refractivity contribution in [2.75, 3.05) is 19.9 Å². The lowest BCUT2D eigenvalue weighted by Gasteiger charge is -2.30. The fraction of sp³-hybridized carbons (Fsp3) is 0.750. The lowest BCUT2D eigenvalue weighted by atomic mass is 10.1. The maximum absolute atomic E-state index is 9.25. The first-order valence-electron chi connectivity index (χ1n) is 4.24. The van der Waals surface area contributed by atoms with Crippen molar-refractivity contribution in [2.24, 2.45) is 0 Å². The van der Waals surface area contributed by atoms with Crippen molar-refractivity contribution >= 4 is 0 Å². The van der Waals surface area contributed by atoms with Gasteiger partial charge in [-0.2, -0.15) is 0 Å². The Morgan fingerprint density at radius 1 is 1.42 bits per heavy atom. The Morgan fingerprint density at radius 2 is 2.17 bits per heavy atom. The molecule has 2 heterocycles. The Morgan fingerprint density at radius 3 is 2.75 bits per heavy atom. The molecule has 0 bridgehead atoms. The largest absolute Gasteiger partial charge is 0.459 e. The van der Waals surface area contributed by atoms with Crippen LogP contribution in [0.5, 0.6) is 0 Å². The molecule has 0 spiro atoms. The van der Waals surface area contributed by atoms with Crippen LogP contribution in [-0.2, 0) is 9.47 Å². The number of likely N-dealkylation sites (tertiary alicyclic amines) is 1. The zero-order valence-electron chi connectivity index (χ0n) is 6.90. The van der Waals surface area contributed by atoms with E-state index in [2.05, 4.69) is 4.90 Å². The van der Waals surface area contributed by atoms with Gasteiger partial charge in [0.2, 0.25) is 12.7 Å². The molecule has 1 fully saturated rings. The molecule has 1 N–H and O–H groups in total. The van der Waals surface area contributed by atoms with Gasteiger partial charge in [-0.1, -0.05) is 0 Å². The van der Waals surface area contributed by atoms with Crippen molar-refractivity contribution in [3.05, 3.63) is 12.1 Å². The van der Waals surface area contributed by atoms with E-state index in [0.717, 1.165) is 31.8 Å². The zero-order valence-corrected chi connectivity index (χ0v) is 6.90. The molecule has 0 aromatic carbocycles. The standard InChI is InChI=1S/C8H13NO3/c10-7-1-3-9(4-2-7)8-5-11-6-12-8/h5,7,10H,1-4,6H2. The van der Waals surface area contributed by atoms with E-state index >= 15 is 0 Å². The number of hydrogen-bond acceptors (Lipinski definition) is 4. The summed E-state index contributed by atoms with van der Waals surface area (Å²) in [6, 6.07) is 0. The molecule has 4 nitrogen and oxygen atoms in total. The van der Waals surface area contributed by atoms with Crippen LogP contribution in [0.15, 0.2) is 12.1 Å². The summed E-state index contributed by atoms with van der Waals surface area (Å²) in [6.45, 7) is 2.04. The molecule has 0 unspecified atom stereocenters. The molecule has 0 radical (unpaired) electrons. The van der Waals surface area contributed by atoms with Crippen molar-refractivity contribution in [3.63, 3.8) is 0 Å². The molecule has 1 saturated heterocycles. The van der Waals surface area contributed by atoms with E-state index in [1.54, 1.807) is 6.26 Å². The van der Waals surface area contributed by atoms with E-state index in [9.17, 15) is 5.11 Å². The van der Waals surface area contributed by atoms with Crippen LogP contribution in [0.25, 0.3) is 0 Å². The molecule has 0 aliphatic carbocycles. The summed E-state index contributed by atoms with van der Waals surface area (Å²) in [6.07, 6.45) is 3.14. The summed E-state index contributed by atoms with van der Waals surface area (Å²) >= 11 is 0.